The van der Waals surface area contributed by atoms with Gasteiger partial charge in [0.05, 0.1) is 11.2 Å². The molecule has 1 aliphatic carbocycles. The fraction of sp³-hybridized carbons (Fsp3) is 0.200. The van der Waals surface area contributed by atoms with Crippen molar-refractivity contribution in [1.29, 1.82) is 0 Å². The SMILES string of the molecule is CC(C)(C)c1ccc(Nc2cc3oc4ccccc4c3cc2-c2c3c4c(c5cc6c(cc5n4-c4cc5c(cc4B3)sc3ccccc35)C(C)(C)CCC6(C)C)c3c2sc2ccccc23)cc1. The first-order valence-electron chi connectivity index (χ1n) is 23.6. The second-order valence-electron chi connectivity index (χ2n) is 21.6. The van der Waals surface area contributed by atoms with Gasteiger partial charge in [0.1, 0.15) is 11.2 Å². The number of furan rings is 1. The Morgan fingerprint density at radius 3 is 2.05 bits per heavy atom. The van der Waals surface area contributed by atoms with Crippen LogP contribution in [0.2, 0.25) is 0 Å². The van der Waals surface area contributed by atoms with E-state index in [0.29, 0.717) is 0 Å². The largest absolute Gasteiger partial charge is 0.456 e. The number of nitrogens with zero attached hydrogens (tertiary/aromatic N) is 1. The molecule has 0 fully saturated rings. The predicted octanol–water partition coefficient (Wildman–Crippen LogP) is 16.2. The Morgan fingerprint density at radius 1 is 0.606 bits per heavy atom. The van der Waals surface area contributed by atoms with Gasteiger partial charge in [0.25, 0.3) is 0 Å². The molecule has 4 aromatic heterocycles. The second-order valence-corrected chi connectivity index (χ2v) is 23.7. The zero-order chi connectivity index (χ0) is 44.6. The van der Waals surface area contributed by atoms with Crippen molar-refractivity contribution < 1.29 is 4.42 Å². The number of hydrogen-bond acceptors (Lipinski definition) is 4. The van der Waals surface area contributed by atoms with Gasteiger partial charge in [-0.1, -0.05) is 121 Å². The van der Waals surface area contributed by atoms with Crippen molar-refractivity contribution in [3.63, 3.8) is 0 Å². The molecule has 8 aromatic carbocycles. The first-order chi connectivity index (χ1) is 31.8. The second kappa shape index (κ2) is 13.2. The zero-order valence-electron chi connectivity index (χ0n) is 38.5. The molecule has 1 aliphatic heterocycles. The lowest BCUT2D eigenvalue weighted by Crippen LogP contribution is -2.37. The number of hydrogen-bond donors (Lipinski definition) is 1. The maximum atomic E-state index is 6.67. The van der Waals surface area contributed by atoms with Gasteiger partial charge in [0, 0.05) is 90.4 Å². The molecule has 3 nitrogen and oxygen atoms in total. The highest BCUT2D eigenvalue weighted by molar-refractivity contribution is 7.27. The summed E-state index contributed by atoms with van der Waals surface area (Å²) in [4.78, 5) is 0. The molecule has 0 radical (unpaired) electrons. The van der Waals surface area contributed by atoms with Gasteiger partial charge in [-0.05, 0) is 117 Å². The van der Waals surface area contributed by atoms with Gasteiger partial charge in [-0.25, -0.2) is 0 Å². The Morgan fingerprint density at radius 2 is 1.29 bits per heavy atom. The molecular formula is C60H49BN2OS2. The van der Waals surface area contributed by atoms with Gasteiger partial charge in [0.2, 0.25) is 0 Å². The maximum Gasteiger partial charge on any atom is 0.198 e. The average Bonchev–Trinajstić information content (AvgIpc) is 4.06. The van der Waals surface area contributed by atoms with E-state index in [4.69, 9.17) is 4.42 Å². The Bertz CT molecular complexity index is 4090. The van der Waals surface area contributed by atoms with Crippen LogP contribution in [0, 0.1) is 0 Å². The van der Waals surface area contributed by atoms with Crippen LogP contribution in [-0.4, -0.2) is 11.8 Å². The van der Waals surface area contributed by atoms with E-state index in [0.717, 1.165) is 40.6 Å². The quantitative estimate of drug-likeness (QED) is 0.179. The molecule has 0 unspecified atom stereocenters. The summed E-state index contributed by atoms with van der Waals surface area (Å²) in [6.45, 7) is 16.7. The van der Waals surface area contributed by atoms with Crippen LogP contribution in [-0.2, 0) is 16.2 Å². The average molecular weight is 889 g/mol. The molecule has 0 saturated carbocycles. The third-order valence-electron chi connectivity index (χ3n) is 15.6. The fourth-order valence-corrected chi connectivity index (χ4v) is 14.4. The summed E-state index contributed by atoms with van der Waals surface area (Å²) in [5.74, 6) is 0. The lowest BCUT2D eigenvalue weighted by Gasteiger charge is -2.42. The van der Waals surface area contributed by atoms with Crippen LogP contribution < -0.4 is 16.2 Å². The van der Waals surface area contributed by atoms with Gasteiger partial charge in [-0.15, -0.1) is 22.7 Å². The molecule has 66 heavy (non-hydrogen) atoms. The van der Waals surface area contributed by atoms with E-state index in [-0.39, 0.29) is 16.2 Å². The minimum absolute atomic E-state index is 0.0582. The molecule has 14 rings (SSSR count). The standard InChI is InChI=1S/C60H49BN2OS2/c1-58(2,3)32-20-22-33(23-21-32)62-44-31-48-37(34-14-8-11-17-47(34)64-48)26-39(44)54-55-56-52(53-36-16-10-13-19-50(36)66-57(53)54)40-27-41-42(60(6,7)25-24-59(41,4)5)29-45(40)63(56)46-28-38-35-15-9-12-18-49(35)65-51(38)30-43(46)61-55/h8-23,26-31,61-62H,24-25H2,1-7H3. The molecular weight excluding hydrogens is 840 g/mol. The lowest BCUT2D eigenvalue weighted by atomic mass is 9.58. The van der Waals surface area contributed by atoms with Crippen LogP contribution in [0.3, 0.4) is 0 Å². The summed E-state index contributed by atoms with van der Waals surface area (Å²) >= 11 is 3.88. The number of aromatic nitrogens is 1. The molecule has 1 N–H and O–H groups in total. The molecule has 5 heterocycles. The monoisotopic (exact) mass is 888 g/mol. The highest BCUT2D eigenvalue weighted by Crippen LogP contribution is 2.53. The third-order valence-corrected chi connectivity index (χ3v) is 17.9. The van der Waals surface area contributed by atoms with E-state index in [1.165, 1.54) is 119 Å². The molecule has 0 amide bonds. The van der Waals surface area contributed by atoms with Gasteiger partial charge in [-0.2, -0.15) is 0 Å². The van der Waals surface area contributed by atoms with Crippen LogP contribution in [0.1, 0.15) is 78.0 Å². The Balaban J connectivity index is 1.17. The maximum absolute atomic E-state index is 6.67. The Kier molecular flexibility index (Phi) is 7.77. The molecule has 320 valence electrons. The van der Waals surface area contributed by atoms with Crippen molar-refractivity contribution in [2.75, 3.05) is 5.32 Å². The molecule has 0 saturated heterocycles. The topological polar surface area (TPSA) is 30.1 Å². The van der Waals surface area contributed by atoms with Crippen LogP contribution >= 0.6 is 22.7 Å². The molecule has 0 atom stereocenters. The smallest absolute Gasteiger partial charge is 0.198 e. The highest BCUT2D eigenvalue weighted by Gasteiger charge is 2.39. The summed E-state index contributed by atoms with van der Waals surface area (Å²) < 4.78 is 14.7. The first kappa shape index (κ1) is 38.9. The van der Waals surface area contributed by atoms with Gasteiger partial charge in [-0.3, -0.25) is 0 Å². The van der Waals surface area contributed by atoms with Crippen molar-refractivity contribution in [2.24, 2.45) is 0 Å². The van der Waals surface area contributed by atoms with E-state index >= 15 is 0 Å². The number of para-hydroxylation sites is 1. The van der Waals surface area contributed by atoms with Crippen LogP contribution in [0.5, 0.6) is 0 Å². The van der Waals surface area contributed by atoms with Gasteiger partial charge < -0.3 is 14.3 Å². The van der Waals surface area contributed by atoms with Gasteiger partial charge >= 0.3 is 0 Å². The van der Waals surface area contributed by atoms with Crippen molar-refractivity contribution in [3.05, 3.63) is 150 Å². The number of anilines is 2. The molecule has 6 heteroatoms. The molecule has 2 aliphatic rings. The Labute approximate surface area is 392 Å². The fourth-order valence-electron chi connectivity index (χ4n) is 12.0. The summed E-state index contributed by atoms with van der Waals surface area (Å²) in [5, 5.41) is 14.4. The third kappa shape index (κ3) is 5.37. The number of fused-ring (bicyclic) bond motifs is 16. The summed E-state index contributed by atoms with van der Waals surface area (Å²) in [6, 6.07) is 50.7. The van der Waals surface area contributed by atoms with E-state index in [1.807, 2.05) is 22.7 Å². The summed E-state index contributed by atoms with van der Waals surface area (Å²) in [5.41, 5.74) is 17.7. The number of benzene rings is 8. The van der Waals surface area contributed by atoms with Crippen molar-refractivity contribution >= 4 is 136 Å². The normalized spacial score (nSPS) is 15.4. The summed E-state index contributed by atoms with van der Waals surface area (Å²) in [6.07, 6.45) is 2.35. The molecule has 0 bridgehead atoms. The zero-order valence-corrected chi connectivity index (χ0v) is 40.1. The van der Waals surface area contributed by atoms with E-state index in [2.05, 4.69) is 192 Å². The van der Waals surface area contributed by atoms with E-state index in [9.17, 15) is 0 Å². The number of thiophene rings is 2. The minimum Gasteiger partial charge on any atom is -0.456 e. The highest BCUT2D eigenvalue weighted by atomic mass is 32.1. The van der Waals surface area contributed by atoms with Crippen molar-refractivity contribution in [1.82, 2.24) is 4.57 Å². The van der Waals surface area contributed by atoms with Crippen LogP contribution in [0.4, 0.5) is 11.4 Å². The van der Waals surface area contributed by atoms with E-state index in [1.54, 1.807) is 0 Å². The lowest BCUT2D eigenvalue weighted by molar-refractivity contribution is 0.332. The molecule has 0 spiro atoms. The number of rotatable bonds is 3. The van der Waals surface area contributed by atoms with Crippen LogP contribution in [0.25, 0.3) is 101 Å². The predicted molar refractivity (Wildman–Crippen MR) is 289 cm³/mol. The van der Waals surface area contributed by atoms with Crippen LogP contribution in [0.15, 0.2) is 138 Å². The Hall–Kier alpha value is -6.34. The first-order valence-corrected chi connectivity index (χ1v) is 25.2. The van der Waals surface area contributed by atoms with E-state index < -0.39 is 0 Å². The molecule has 12 aromatic rings. The summed E-state index contributed by atoms with van der Waals surface area (Å²) in [7, 11) is 0.826. The van der Waals surface area contributed by atoms with Crippen molar-refractivity contribution in [3.8, 4) is 16.8 Å². The van der Waals surface area contributed by atoms with Gasteiger partial charge in [0.15, 0.2) is 7.28 Å². The minimum atomic E-state index is 0.0582. The van der Waals surface area contributed by atoms with Crippen molar-refractivity contribution in [2.45, 2.75) is 77.6 Å². The number of nitrogens with one attached hydrogen (secondary N) is 1.